The predicted octanol–water partition coefficient (Wildman–Crippen LogP) is 5.75. The van der Waals surface area contributed by atoms with Crippen LogP contribution >= 0.6 is 0 Å². The van der Waals surface area contributed by atoms with E-state index in [2.05, 4.69) is 0 Å². The molecule has 2 aliphatic rings. The molecule has 5 heteroatoms. The van der Waals surface area contributed by atoms with E-state index in [1.54, 1.807) is 0 Å². The van der Waals surface area contributed by atoms with E-state index in [-0.39, 0.29) is 23.2 Å². The largest absolute Gasteiger partial charge is 0.418 e. The van der Waals surface area contributed by atoms with Gasteiger partial charge >= 0.3 is 6.18 Å². The first kappa shape index (κ1) is 16.0. The Hall–Kier alpha value is -2.48. The van der Waals surface area contributed by atoms with Crippen LogP contribution in [0.15, 0.2) is 42.5 Å². The molecule has 2 unspecified atom stereocenters. The Morgan fingerprint density at radius 3 is 2.52 bits per heavy atom. The molecule has 1 heterocycles. The molecule has 0 spiro atoms. The fourth-order valence-electron chi connectivity index (χ4n) is 4.33. The molecule has 0 radical (unpaired) electrons. The summed E-state index contributed by atoms with van der Waals surface area (Å²) in [5.41, 5.74) is 1.48. The number of para-hydroxylation sites is 1. The van der Waals surface area contributed by atoms with Crippen LogP contribution in [-0.2, 0) is 6.18 Å². The highest BCUT2D eigenvalue weighted by Crippen LogP contribution is 2.52. The Bertz CT molecular complexity index is 851. The molecular weight excluding hydrogens is 325 g/mol. The van der Waals surface area contributed by atoms with Gasteiger partial charge in [-0.25, -0.2) is 0 Å². The Morgan fingerprint density at radius 1 is 1.00 bits per heavy atom. The number of hydrogen-bond donors (Lipinski definition) is 0. The molecule has 2 nitrogen and oxygen atoms in total. The van der Waals surface area contributed by atoms with Crippen molar-refractivity contribution in [2.45, 2.75) is 43.8 Å². The monoisotopic (exact) mass is 342 g/mol. The Labute approximate surface area is 144 Å². The van der Waals surface area contributed by atoms with Gasteiger partial charge in [0.15, 0.2) is 0 Å². The summed E-state index contributed by atoms with van der Waals surface area (Å²) in [5, 5.41) is 9.00. The molecule has 1 aliphatic carbocycles. The number of fused-ring (bicyclic) bond motifs is 3. The molecular formula is C20H17F3N2. The first-order chi connectivity index (χ1) is 12.0. The van der Waals surface area contributed by atoms with Gasteiger partial charge in [-0.15, -0.1) is 0 Å². The lowest BCUT2D eigenvalue weighted by Crippen LogP contribution is -2.33. The number of nitriles is 1. The van der Waals surface area contributed by atoms with Gasteiger partial charge in [0.25, 0.3) is 0 Å². The van der Waals surface area contributed by atoms with Crippen LogP contribution in [0.1, 0.15) is 48.3 Å². The molecule has 2 aromatic rings. The van der Waals surface area contributed by atoms with E-state index in [1.165, 1.54) is 12.1 Å². The molecule has 0 aromatic heterocycles. The Kier molecular flexibility index (Phi) is 3.72. The second-order valence-electron chi connectivity index (χ2n) is 6.73. The fraction of sp³-hybridized carbons (Fsp3) is 0.350. The topological polar surface area (TPSA) is 27.0 Å². The molecule has 2 aromatic carbocycles. The summed E-state index contributed by atoms with van der Waals surface area (Å²) in [7, 11) is 0. The highest BCUT2D eigenvalue weighted by molar-refractivity contribution is 5.75. The van der Waals surface area contributed by atoms with Crippen LogP contribution in [0, 0.1) is 11.3 Å². The lowest BCUT2D eigenvalue weighted by Gasteiger charge is -2.35. The van der Waals surface area contributed by atoms with Crippen molar-refractivity contribution >= 4 is 11.4 Å². The lowest BCUT2D eigenvalue weighted by atomic mass is 9.82. The molecule has 1 saturated carbocycles. The molecule has 0 bridgehead atoms. The van der Waals surface area contributed by atoms with E-state index in [9.17, 15) is 13.2 Å². The van der Waals surface area contributed by atoms with Crippen LogP contribution in [-0.4, -0.2) is 6.04 Å². The molecule has 128 valence electrons. The molecule has 4 rings (SSSR count). The van der Waals surface area contributed by atoms with E-state index < -0.39 is 11.7 Å². The third kappa shape index (κ3) is 2.57. The summed E-state index contributed by atoms with van der Waals surface area (Å²) in [5.74, 6) is 0.279. The standard InChI is InChI=1S/C20H17F3N2/c21-20(22,23)16-11-13(12-24)9-10-19(16)25-17-7-3-1-5-14(17)15-6-2-4-8-18(15)25/h1,3,5,7,9-11,15,18H,2,4,6,8H2. The Balaban J connectivity index is 1.91. The maximum Gasteiger partial charge on any atom is 0.418 e. The van der Waals surface area contributed by atoms with Gasteiger partial charge in [-0.1, -0.05) is 31.0 Å². The van der Waals surface area contributed by atoms with Crippen molar-refractivity contribution in [2.24, 2.45) is 0 Å². The summed E-state index contributed by atoms with van der Waals surface area (Å²) in [6.07, 6.45) is -0.456. The minimum atomic E-state index is -4.50. The zero-order valence-corrected chi connectivity index (χ0v) is 13.6. The van der Waals surface area contributed by atoms with Crippen molar-refractivity contribution in [3.63, 3.8) is 0 Å². The van der Waals surface area contributed by atoms with Crippen molar-refractivity contribution in [3.8, 4) is 6.07 Å². The normalized spacial score (nSPS) is 22.2. The summed E-state index contributed by atoms with van der Waals surface area (Å²) >= 11 is 0. The number of anilines is 2. The van der Waals surface area contributed by atoms with Crippen molar-refractivity contribution in [1.29, 1.82) is 5.26 Å². The van der Waals surface area contributed by atoms with Gasteiger partial charge in [-0.05, 0) is 42.7 Å². The van der Waals surface area contributed by atoms with Crippen molar-refractivity contribution in [2.75, 3.05) is 4.90 Å². The van der Waals surface area contributed by atoms with Crippen molar-refractivity contribution in [3.05, 3.63) is 59.2 Å². The van der Waals surface area contributed by atoms with E-state index >= 15 is 0 Å². The van der Waals surface area contributed by atoms with Gasteiger partial charge in [0.1, 0.15) is 0 Å². The summed E-state index contributed by atoms with van der Waals surface area (Å²) in [6.45, 7) is 0. The van der Waals surface area contributed by atoms with Crippen molar-refractivity contribution in [1.82, 2.24) is 0 Å². The van der Waals surface area contributed by atoms with E-state index in [0.29, 0.717) is 0 Å². The number of nitrogens with zero attached hydrogens (tertiary/aromatic N) is 2. The number of benzene rings is 2. The van der Waals surface area contributed by atoms with Crippen LogP contribution in [0.2, 0.25) is 0 Å². The van der Waals surface area contributed by atoms with Crippen LogP contribution < -0.4 is 4.90 Å². The van der Waals surface area contributed by atoms with E-state index in [1.807, 2.05) is 35.2 Å². The highest BCUT2D eigenvalue weighted by Gasteiger charge is 2.44. The zero-order chi connectivity index (χ0) is 17.6. The summed E-state index contributed by atoms with van der Waals surface area (Å²) in [6, 6.07) is 13.5. The van der Waals surface area contributed by atoms with Gasteiger partial charge in [-0.2, -0.15) is 18.4 Å². The second-order valence-corrected chi connectivity index (χ2v) is 6.73. The van der Waals surface area contributed by atoms with Crippen LogP contribution in [0.4, 0.5) is 24.5 Å². The summed E-state index contributed by atoms with van der Waals surface area (Å²) < 4.78 is 41.0. The molecule has 0 N–H and O–H groups in total. The smallest absolute Gasteiger partial charge is 0.337 e. The minimum Gasteiger partial charge on any atom is -0.337 e. The number of rotatable bonds is 1. The maximum atomic E-state index is 13.7. The van der Waals surface area contributed by atoms with Crippen LogP contribution in [0.25, 0.3) is 0 Å². The van der Waals surface area contributed by atoms with Gasteiger partial charge in [0.2, 0.25) is 0 Å². The fourth-order valence-corrected chi connectivity index (χ4v) is 4.33. The van der Waals surface area contributed by atoms with Crippen molar-refractivity contribution < 1.29 is 13.2 Å². The second kappa shape index (κ2) is 5.80. The number of alkyl halides is 3. The molecule has 0 amide bonds. The average molecular weight is 342 g/mol. The third-order valence-electron chi connectivity index (χ3n) is 5.35. The van der Waals surface area contributed by atoms with Gasteiger partial charge in [0, 0.05) is 17.6 Å². The Morgan fingerprint density at radius 2 is 1.76 bits per heavy atom. The maximum absolute atomic E-state index is 13.7. The first-order valence-corrected chi connectivity index (χ1v) is 8.50. The molecule has 2 atom stereocenters. The first-order valence-electron chi connectivity index (χ1n) is 8.50. The SMILES string of the molecule is N#Cc1ccc(N2c3ccccc3C3CCCCC32)c(C(F)(F)F)c1. The molecule has 0 saturated heterocycles. The van der Waals surface area contributed by atoms with Gasteiger partial charge in [-0.3, -0.25) is 0 Å². The summed E-state index contributed by atoms with van der Waals surface area (Å²) in [4.78, 5) is 1.86. The quantitative estimate of drug-likeness (QED) is 0.659. The minimum absolute atomic E-state index is 0.0313. The molecule has 1 aliphatic heterocycles. The number of halogens is 3. The zero-order valence-electron chi connectivity index (χ0n) is 13.6. The van der Waals surface area contributed by atoms with E-state index in [4.69, 9.17) is 5.26 Å². The third-order valence-corrected chi connectivity index (χ3v) is 5.35. The average Bonchev–Trinajstić information content (AvgIpc) is 2.95. The van der Waals surface area contributed by atoms with Crippen LogP contribution in [0.5, 0.6) is 0 Å². The highest BCUT2D eigenvalue weighted by atomic mass is 19.4. The van der Waals surface area contributed by atoms with Gasteiger partial charge < -0.3 is 4.90 Å². The number of hydrogen-bond acceptors (Lipinski definition) is 2. The van der Waals surface area contributed by atoms with E-state index in [0.717, 1.165) is 43.0 Å². The van der Waals surface area contributed by atoms with Gasteiger partial charge in [0.05, 0.1) is 22.9 Å². The molecule has 25 heavy (non-hydrogen) atoms. The predicted molar refractivity (Wildman–Crippen MR) is 89.7 cm³/mol. The molecule has 1 fully saturated rings. The lowest BCUT2D eigenvalue weighted by molar-refractivity contribution is -0.137. The van der Waals surface area contributed by atoms with Crippen LogP contribution in [0.3, 0.4) is 0 Å².